The highest BCUT2D eigenvalue weighted by Crippen LogP contribution is 2.36. The van der Waals surface area contributed by atoms with E-state index in [-0.39, 0.29) is 17.9 Å². The van der Waals surface area contributed by atoms with Crippen LogP contribution in [0.3, 0.4) is 0 Å². The third-order valence-electron chi connectivity index (χ3n) is 5.93. The van der Waals surface area contributed by atoms with E-state index >= 15 is 0 Å². The minimum absolute atomic E-state index is 0.154. The van der Waals surface area contributed by atoms with Gasteiger partial charge in [-0.2, -0.15) is 4.31 Å². The number of sulfonamides is 1. The van der Waals surface area contributed by atoms with Crippen LogP contribution in [0.2, 0.25) is 0 Å². The summed E-state index contributed by atoms with van der Waals surface area (Å²) in [5, 5.41) is 3.57. The van der Waals surface area contributed by atoms with Crippen LogP contribution in [0.4, 0.5) is 0 Å². The molecule has 26 heavy (non-hydrogen) atoms. The SMILES string of the molecule is CCC(C)C1NC2(CCN(S(=O)(=O)c3ccccc3)CC2)N(CC)C1=O. The van der Waals surface area contributed by atoms with Crippen LogP contribution in [0, 0.1) is 5.92 Å². The maximum Gasteiger partial charge on any atom is 0.243 e. The fourth-order valence-corrected chi connectivity index (χ4v) is 5.60. The predicted molar refractivity (Wildman–Crippen MR) is 101 cm³/mol. The summed E-state index contributed by atoms with van der Waals surface area (Å²) in [6, 6.07) is 8.39. The average Bonchev–Trinajstić information content (AvgIpc) is 2.93. The van der Waals surface area contributed by atoms with Gasteiger partial charge in [-0.25, -0.2) is 8.42 Å². The third kappa shape index (κ3) is 3.17. The van der Waals surface area contributed by atoms with Crippen molar-refractivity contribution in [1.29, 1.82) is 0 Å². The Balaban J connectivity index is 1.78. The van der Waals surface area contributed by atoms with Crippen LogP contribution in [-0.4, -0.2) is 54.9 Å². The number of hydrogen-bond acceptors (Lipinski definition) is 4. The lowest BCUT2D eigenvalue weighted by Gasteiger charge is -2.44. The summed E-state index contributed by atoms with van der Waals surface area (Å²) in [5.41, 5.74) is -0.414. The number of amides is 1. The average molecular weight is 380 g/mol. The Morgan fingerprint density at radius 2 is 1.81 bits per heavy atom. The number of benzene rings is 1. The van der Waals surface area contributed by atoms with Crippen LogP contribution >= 0.6 is 0 Å². The molecule has 1 spiro atoms. The Labute approximate surface area is 156 Å². The molecule has 0 bridgehead atoms. The van der Waals surface area contributed by atoms with Gasteiger partial charge in [-0.3, -0.25) is 10.1 Å². The van der Waals surface area contributed by atoms with E-state index < -0.39 is 15.7 Å². The number of nitrogens with one attached hydrogen (secondary N) is 1. The molecule has 2 saturated heterocycles. The van der Waals surface area contributed by atoms with Gasteiger partial charge in [0.25, 0.3) is 0 Å². The summed E-state index contributed by atoms with van der Waals surface area (Å²) in [6.45, 7) is 7.66. The van der Waals surface area contributed by atoms with E-state index in [1.54, 1.807) is 28.6 Å². The van der Waals surface area contributed by atoms with Gasteiger partial charge in [0.15, 0.2) is 0 Å². The molecular formula is C19H29N3O3S. The summed E-state index contributed by atoms with van der Waals surface area (Å²) in [4.78, 5) is 15.1. The molecule has 7 heteroatoms. The number of carbonyl (C=O) groups excluding carboxylic acids is 1. The molecule has 0 radical (unpaired) electrons. The molecule has 2 aliphatic heterocycles. The normalized spacial score (nSPS) is 25.0. The summed E-state index contributed by atoms with van der Waals surface area (Å²) in [6.07, 6.45) is 2.17. The van der Waals surface area contributed by atoms with Crippen LogP contribution in [0.25, 0.3) is 0 Å². The van der Waals surface area contributed by atoms with Crippen molar-refractivity contribution in [3.05, 3.63) is 30.3 Å². The molecule has 2 heterocycles. The molecule has 1 N–H and O–H groups in total. The molecule has 0 saturated carbocycles. The lowest BCUT2D eigenvalue weighted by Crippen LogP contribution is -2.59. The second kappa shape index (κ2) is 7.29. The van der Waals surface area contributed by atoms with Gasteiger partial charge in [-0.15, -0.1) is 0 Å². The Kier molecular flexibility index (Phi) is 5.42. The topological polar surface area (TPSA) is 69.7 Å². The fraction of sp³-hybridized carbons (Fsp3) is 0.632. The zero-order valence-electron chi connectivity index (χ0n) is 15.8. The molecule has 1 aromatic rings. The molecule has 0 aliphatic carbocycles. The van der Waals surface area contributed by atoms with Crippen LogP contribution < -0.4 is 5.32 Å². The first-order valence-corrected chi connectivity index (χ1v) is 10.9. The van der Waals surface area contributed by atoms with E-state index in [2.05, 4.69) is 19.2 Å². The number of nitrogens with zero attached hydrogens (tertiary/aromatic N) is 2. The number of rotatable bonds is 5. The smallest absolute Gasteiger partial charge is 0.243 e. The van der Waals surface area contributed by atoms with Crippen LogP contribution in [-0.2, 0) is 14.8 Å². The maximum absolute atomic E-state index is 12.8. The highest BCUT2D eigenvalue weighted by atomic mass is 32.2. The standard InChI is InChI=1S/C19H29N3O3S/c1-4-15(3)17-18(23)22(5-2)19(20-17)11-13-21(14-12-19)26(24,25)16-9-7-6-8-10-16/h6-10,15,17,20H,4-5,11-14H2,1-3H3. The third-order valence-corrected chi connectivity index (χ3v) is 7.85. The summed E-state index contributed by atoms with van der Waals surface area (Å²) >= 11 is 0. The fourth-order valence-electron chi connectivity index (χ4n) is 4.14. The van der Waals surface area contributed by atoms with Gasteiger partial charge in [0.05, 0.1) is 16.6 Å². The van der Waals surface area contributed by atoms with Crippen molar-refractivity contribution in [1.82, 2.24) is 14.5 Å². The van der Waals surface area contributed by atoms with Gasteiger partial charge in [0.1, 0.15) is 0 Å². The zero-order valence-corrected chi connectivity index (χ0v) is 16.6. The van der Waals surface area contributed by atoms with Crippen molar-refractivity contribution in [3.8, 4) is 0 Å². The highest BCUT2D eigenvalue weighted by Gasteiger charge is 2.52. The minimum Gasteiger partial charge on any atom is -0.323 e. The monoisotopic (exact) mass is 379 g/mol. The van der Waals surface area contributed by atoms with E-state index in [4.69, 9.17) is 0 Å². The Morgan fingerprint density at radius 1 is 1.19 bits per heavy atom. The molecule has 6 nitrogen and oxygen atoms in total. The summed E-state index contributed by atoms with van der Waals surface area (Å²) in [5.74, 6) is 0.420. The first kappa shape index (κ1) is 19.3. The van der Waals surface area contributed by atoms with Crippen molar-refractivity contribution >= 4 is 15.9 Å². The lowest BCUT2D eigenvalue weighted by atomic mass is 9.96. The Morgan fingerprint density at radius 3 is 2.35 bits per heavy atom. The van der Waals surface area contributed by atoms with Crippen LogP contribution in [0.5, 0.6) is 0 Å². The molecule has 2 aliphatic rings. The van der Waals surface area contributed by atoms with Crippen LogP contribution in [0.15, 0.2) is 35.2 Å². The minimum atomic E-state index is -3.48. The second-order valence-corrected chi connectivity index (χ2v) is 9.28. The molecule has 2 atom stereocenters. The van der Waals surface area contributed by atoms with E-state index in [1.807, 2.05) is 17.9 Å². The van der Waals surface area contributed by atoms with Gasteiger partial charge in [0, 0.05) is 19.6 Å². The van der Waals surface area contributed by atoms with Crippen LogP contribution in [0.1, 0.15) is 40.0 Å². The van der Waals surface area contributed by atoms with Gasteiger partial charge in [-0.05, 0) is 37.8 Å². The van der Waals surface area contributed by atoms with E-state index in [9.17, 15) is 13.2 Å². The number of carbonyl (C=O) groups is 1. The molecule has 3 rings (SSSR count). The van der Waals surface area contributed by atoms with Crippen molar-refractivity contribution < 1.29 is 13.2 Å². The molecule has 0 aromatic heterocycles. The van der Waals surface area contributed by atoms with Gasteiger partial charge < -0.3 is 4.90 Å². The molecule has 2 fully saturated rings. The highest BCUT2D eigenvalue weighted by molar-refractivity contribution is 7.89. The summed E-state index contributed by atoms with van der Waals surface area (Å²) < 4.78 is 27.2. The summed E-state index contributed by atoms with van der Waals surface area (Å²) in [7, 11) is -3.48. The van der Waals surface area contributed by atoms with Crippen molar-refractivity contribution in [2.45, 2.75) is 56.6 Å². The van der Waals surface area contributed by atoms with Crippen molar-refractivity contribution in [3.63, 3.8) is 0 Å². The number of likely N-dealkylation sites (N-methyl/N-ethyl adjacent to an activating group) is 1. The van der Waals surface area contributed by atoms with Gasteiger partial charge in [0.2, 0.25) is 15.9 Å². The van der Waals surface area contributed by atoms with Gasteiger partial charge >= 0.3 is 0 Å². The van der Waals surface area contributed by atoms with Crippen molar-refractivity contribution in [2.75, 3.05) is 19.6 Å². The molecule has 1 aromatic carbocycles. The molecule has 2 unspecified atom stereocenters. The molecule has 1 amide bonds. The maximum atomic E-state index is 12.8. The number of hydrogen-bond donors (Lipinski definition) is 1. The quantitative estimate of drug-likeness (QED) is 0.850. The first-order chi connectivity index (χ1) is 12.4. The molecule has 144 valence electrons. The van der Waals surface area contributed by atoms with Gasteiger partial charge in [-0.1, -0.05) is 38.5 Å². The van der Waals surface area contributed by atoms with Crippen molar-refractivity contribution in [2.24, 2.45) is 5.92 Å². The van der Waals surface area contributed by atoms with E-state index in [1.165, 1.54) is 0 Å². The zero-order chi connectivity index (χ0) is 18.9. The first-order valence-electron chi connectivity index (χ1n) is 9.50. The number of piperidine rings is 1. The Hall–Kier alpha value is -1.44. The predicted octanol–water partition coefficient (Wildman–Crippen LogP) is 2.03. The second-order valence-electron chi connectivity index (χ2n) is 7.34. The van der Waals surface area contributed by atoms with E-state index in [0.717, 1.165) is 6.42 Å². The lowest BCUT2D eigenvalue weighted by molar-refractivity contribution is -0.133. The largest absolute Gasteiger partial charge is 0.323 e. The molecular weight excluding hydrogens is 350 g/mol. The van der Waals surface area contributed by atoms with E-state index in [0.29, 0.717) is 37.4 Å². The Bertz CT molecular complexity index is 743.